The van der Waals surface area contributed by atoms with Gasteiger partial charge in [0.25, 0.3) is 0 Å². The number of thioether (sulfide) groups is 2. The number of rotatable bonds is 8. The third-order valence-corrected chi connectivity index (χ3v) is 9.54. The molecule has 1 saturated heterocycles. The highest BCUT2D eigenvalue weighted by molar-refractivity contribution is 8.15. The molecule has 3 rings (SSSR count). The maximum absolute atomic E-state index is 11.2. The summed E-state index contributed by atoms with van der Waals surface area (Å²) in [6.45, 7) is 6.77. The molecule has 0 unspecified atom stereocenters. The van der Waals surface area contributed by atoms with E-state index in [-0.39, 0.29) is 21.1 Å². The van der Waals surface area contributed by atoms with Gasteiger partial charge in [-0.1, -0.05) is 23.5 Å². The first-order chi connectivity index (χ1) is 12.9. The van der Waals surface area contributed by atoms with Crippen LogP contribution in [-0.2, 0) is 9.59 Å². The predicted molar refractivity (Wildman–Crippen MR) is 125 cm³/mol. The molecule has 0 radical (unpaired) electrons. The van der Waals surface area contributed by atoms with Crippen molar-refractivity contribution in [1.29, 1.82) is 0 Å². The molecule has 0 bridgehead atoms. The minimum atomic E-state index is -0.276. The summed E-state index contributed by atoms with van der Waals surface area (Å²) < 4.78 is 4.59. The normalized spacial score (nSPS) is 19.4. The van der Waals surface area contributed by atoms with Crippen molar-refractivity contribution in [3.05, 3.63) is 0 Å². The highest BCUT2D eigenvalue weighted by Crippen LogP contribution is 2.44. The average Bonchev–Trinajstić information content (AvgIpc) is 3.06. The van der Waals surface area contributed by atoms with E-state index < -0.39 is 0 Å². The standard InChI is InChI=1S/C16H24N4O2S5/c1-12(21)25-10-4-8-19-14(23)17-6-3-7-18-15(24)20(27(19)16(17)18)9-5-11-26-13(2)22/h3-11H2,1-2H3. The molecule has 0 N–H and O–H groups in total. The van der Waals surface area contributed by atoms with Gasteiger partial charge >= 0.3 is 0 Å². The monoisotopic (exact) mass is 464 g/mol. The summed E-state index contributed by atoms with van der Waals surface area (Å²) in [6, 6.07) is 0. The molecular weight excluding hydrogens is 441 g/mol. The molecule has 0 amide bonds. The second kappa shape index (κ2) is 9.43. The van der Waals surface area contributed by atoms with Crippen LogP contribution in [0.25, 0.3) is 0 Å². The zero-order valence-electron chi connectivity index (χ0n) is 15.5. The molecule has 0 aromatic rings. The van der Waals surface area contributed by atoms with Gasteiger partial charge in [0.05, 0.1) is 10.9 Å². The third-order valence-electron chi connectivity index (χ3n) is 4.32. The Bertz CT molecular complexity index is 644. The fraction of sp³-hybridized carbons (Fsp3) is 0.688. The molecule has 0 spiro atoms. The Morgan fingerprint density at radius 2 is 1.37 bits per heavy atom. The lowest BCUT2D eigenvalue weighted by Crippen LogP contribution is -2.52. The number of thiocarbonyl (C=S) groups is 2. The molecule has 1 fully saturated rings. The quantitative estimate of drug-likeness (QED) is 0.396. The molecule has 0 aliphatic carbocycles. The lowest BCUT2D eigenvalue weighted by atomic mass is 10.3. The molecule has 0 aromatic heterocycles. The second-order valence-electron chi connectivity index (χ2n) is 6.36. The third kappa shape index (κ3) is 4.63. The summed E-state index contributed by atoms with van der Waals surface area (Å²) in [5.41, 5.74) is 0. The Kier molecular flexibility index (Phi) is 7.45. The van der Waals surface area contributed by atoms with Gasteiger partial charge in [0.2, 0.25) is 0 Å². The van der Waals surface area contributed by atoms with Gasteiger partial charge < -0.3 is 0 Å². The molecule has 3 heterocycles. The number of hydrogen-bond donors (Lipinski definition) is 0. The van der Waals surface area contributed by atoms with Crippen molar-refractivity contribution in [2.45, 2.75) is 33.1 Å². The van der Waals surface area contributed by atoms with E-state index in [1.165, 1.54) is 28.6 Å². The van der Waals surface area contributed by atoms with Gasteiger partial charge in [0.15, 0.2) is 25.6 Å². The maximum Gasteiger partial charge on any atom is 0.188 e. The summed E-state index contributed by atoms with van der Waals surface area (Å²) in [4.78, 5) is 26.9. The van der Waals surface area contributed by atoms with Crippen LogP contribution in [0.3, 0.4) is 0 Å². The molecule has 3 aliphatic heterocycles. The summed E-state index contributed by atoms with van der Waals surface area (Å²) >= 11 is 14.3. The first-order valence-electron chi connectivity index (χ1n) is 8.98. The Balaban J connectivity index is 1.72. The van der Waals surface area contributed by atoms with Crippen molar-refractivity contribution in [1.82, 2.24) is 18.4 Å². The molecule has 27 heavy (non-hydrogen) atoms. The van der Waals surface area contributed by atoms with Gasteiger partial charge in [-0.2, -0.15) is 0 Å². The van der Waals surface area contributed by atoms with Crippen molar-refractivity contribution in [3.63, 3.8) is 0 Å². The van der Waals surface area contributed by atoms with E-state index in [1.54, 1.807) is 13.8 Å². The number of carbonyl (C=O) groups is 2. The van der Waals surface area contributed by atoms with Gasteiger partial charge in [-0.15, -0.1) is 0 Å². The minimum Gasteiger partial charge on any atom is -0.296 e. The van der Waals surface area contributed by atoms with Crippen LogP contribution in [0.5, 0.6) is 0 Å². The van der Waals surface area contributed by atoms with Crippen molar-refractivity contribution in [2.24, 2.45) is 0 Å². The van der Waals surface area contributed by atoms with E-state index in [0.717, 1.165) is 67.2 Å². The van der Waals surface area contributed by atoms with Crippen LogP contribution in [0.2, 0.25) is 0 Å². The molecule has 3 aliphatic rings. The largest absolute Gasteiger partial charge is 0.296 e. The molecule has 150 valence electrons. The highest BCUT2D eigenvalue weighted by atomic mass is 32.2. The Morgan fingerprint density at radius 3 is 1.78 bits per heavy atom. The van der Waals surface area contributed by atoms with Gasteiger partial charge in [0, 0.05) is 51.5 Å². The van der Waals surface area contributed by atoms with Crippen molar-refractivity contribution < 1.29 is 9.59 Å². The van der Waals surface area contributed by atoms with Crippen molar-refractivity contribution in [3.8, 4) is 0 Å². The van der Waals surface area contributed by atoms with Crippen LogP contribution < -0.4 is 0 Å². The first-order valence-corrected chi connectivity index (χ1v) is 12.9. The van der Waals surface area contributed by atoms with Crippen LogP contribution in [0.15, 0.2) is 0 Å². The van der Waals surface area contributed by atoms with Gasteiger partial charge in [0.1, 0.15) is 0 Å². The van der Waals surface area contributed by atoms with Gasteiger partial charge in [-0.05, 0) is 43.7 Å². The van der Waals surface area contributed by atoms with Crippen LogP contribution in [0.1, 0.15) is 33.1 Å². The Hall–Kier alpha value is -0.360. The van der Waals surface area contributed by atoms with Crippen molar-refractivity contribution >= 4 is 84.4 Å². The van der Waals surface area contributed by atoms with E-state index in [4.69, 9.17) is 24.4 Å². The van der Waals surface area contributed by atoms with E-state index >= 15 is 0 Å². The maximum atomic E-state index is 11.2. The molecule has 0 aromatic carbocycles. The minimum absolute atomic E-state index is 0.158. The summed E-state index contributed by atoms with van der Waals surface area (Å²) in [5.74, 6) is 1.62. The molecular formula is C16H24N4O2S5. The second-order valence-corrected chi connectivity index (χ2v) is 11.4. The summed E-state index contributed by atoms with van der Waals surface area (Å²) in [7, 11) is -0.276. The van der Waals surface area contributed by atoms with E-state index in [9.17, 15) is 9.59 Å². The van der Waals surface area contributed by atoms with E-state index in [1.807, 2.05) is 0 Å². The van der Waals surface area contributed by atoms with Crippen molar-refractivity contribution in [2.75, 3.05) is 37.7 Å². The predicted octanol–water partition coefficient (Wildman–Crippen LogP) is 2.72. The molecule has 0 atom stereocenters. The number of carbonyl (C=O) groups excluding carboxylic acids is 2. The zero-order valence-corrected chi connectivity index (χ0v) is 19.6. The molecule has 6 nitrogen and oxygen atoms in total. The SMILES string of the molecule is CC(=O)SCCCN1C(=S)N2CCCN3C(=S)N(CCCSC(C)=O)S1=C23. The van der Waals surface area contributed by atoms with Crippen LogP contribution in [0.4, 0.5) is 0 Å². The fourth-order valence-electron chi connectivity index (χ4n) is 3.22. The smallest absolute Gasteiger partial charge is 0.188 e. The number of nitrogens with zero attached hydrogens (tertiary/aromatic N) is 4. The fourth-order valence-corrected chi connectivity index (χ4v) is 7.90. The van der Waals surface area contributed by atoms with Gasteiger partial charge in [-0.3, -0.25) is 28.0 Å². The summed E-state index contributed by atoms with van der Waals surface area (Å²) in [5, 5.41) is 3.32. The van der Waals surface area contributed by atoms with Crippen LogP contribution >= 0.6 is 58.8 Å². The Morgan fingerprint density at radius 1 is 0.926 bits per heavy atom. The first kappa shape index (κ1) is 21.4. The summed E-state index contributed by atoms with van der Waals surface area (Å²) in [6.07, 6.45) is 2.87. The van der Waals surface area contributed by atoms with E-state index in [2.05, 4.69) is 18.4 Å². The lowest BCUT2D eigenvalue weighted by molar-refractivity contribution is -0.109. The molecule has 0 saturated carbocycles. The topological polar surface area (TPSA) is 47.1 Å². The van der Waals surface area contributed by atoms with Crippen LogP contribution in [-0.4, -0.2) is 81.7 Å². The van der Waals surface area contributed by atoms with E-state index in [0.29, 0.717) is 0 Å². The Labute approximate surface area is 182 Å². The lowest BCUT2D eigenvalue weighted by Gasteiger charge is -2.37. The van der Waals surface area contributed by atoms with Crippen LogP contribution in [0, 0.1) is 0 Å². The number of hydrogen-bond acceptors (Lipinski definition) is 6. The zero-order chi connectivity index (χ0) is 19.6. The highest BCUT2D eigenvalue weighted by Gasteiger charge is 2.48. The molecule has 11 heteroatoms. The average molecular weight is 465 g/mol. The van der Waals surface area contributed by atoms with Gasteiger partial charge in [-0.25, -0.2) is 0 Å².